The molecule has 0 saturated carbocycles. The van der Waals surface area contributed by atoms with Crippen molar-refractivity contribution < 1.29 is 4.74 Å². The average molecular weight is 450 g/mol. The maximum atomic E-state index is 11.7. The molecule has 0 amide bonds. The number of hydrogen-bond acceptors (Lipinski definition) is 6. The number of aromatic nitrogens is 5. The van der Waals surface area contributed by atoms with Gasteiger partial charge in [0.25, 0.3) is 5.56 Å². The second-order valence-corrected chi connectivity index (χ2v) is 8.43. The molecule has 0 fully saturated rings. The largest absolute Gasteiger partial charge is 0.494 e. The molecule has 0 spiro atoms. The highest BCUT2D eigenvalue weighted by molar-refractivity contribution is 7.99. The second kappa shape index (κ2) is 9.69. The summed E-state index contributed by atoms with van der Waals surface area (Å²) in [6.45, 7) is 4.64. The molecule has 4 aromatic rings. The van der Waals surface area contributed by atoms with E-state index in [1.165, 1.54) is 11.6 Å². The van der Waals surface area contributed by atoms with Crippen LogP contribution in [0.1, 0.15) is 36.2 Å². The highest BCUT2D eigenvalue weighted by atomic mass is 32.2. The lowest BCUT2D eigenvalue weighted by atomic mass is 10.2. The van der Waals surface area contributed by atoms with Crippen molar-refractivity contribution in [3.05, 3.63) is 98.6 Å². The minimum absolute atomic E-state index is 0.147. The summed E-state index contributed by atoms with van der Waals surface area (Å²) in [5, 5.41) is 9.67. The van der Waals surface area contributed by atoms with Gasteiger partial charge in [0.2, 0.25) is 0 Å². The van der Waals surface area contributed by atoms with E-state index in [9.17, 15) is 9.59 Å². The van der Waals surface area contributed by atoms with Crippen molar-refractivity contribution in [1.29, 1.82) is 0 Å². The van der Waals surface area contributed by atoms with Gasteiger partial charge in [-0.3, -0.25) is 14.3 Å². The summed E-state index contributed by atoms with van der Waals surface area (Å²) in [7, 11) is 0. The zero-order valence-corrected chi connectivity index (χ0v) is 18.6. The Hall–Kier alpha value is -3.59. The van der Waals surface area contributed by atoms with Gasteiger partial charge in [0.05, 0.1) is 6.61 Å². The van der Waals surface area contributed by atoms with Gasteiger partial charge in [-0.2, -0.15) is 0 Å². The number of benzene rings is 2. The molecular weight excluding hydrogens is 426 g/mol. The summed E-state index contributed by atoms with van der Waals surface area (Å²) in [6.07, 6.45) is 0.250. The normalized spacial score (nSPS) is 11.9. The third-order valence-electron chi connectivity index (χ3n) is 4.82. The number of H-pyrrole nitrogens is 2. The van der Waals surface area contributed by atoms with Gasteiger partial charge in [-0.05, 0) is 43.7 Å². The zero-order valence-electron chi connectivity index (χ0n) is 17.7. The van der Waals surface area contributed by atoms with Crippen molar-refractivity contribution >= 4 is 11.8 Å². The highest BCUT2D eigenvalue weighted by Crippen LogP contribution is 2.35. The van der Waals surface area contributed by atoms with E-state index in [4.69, 9.17) is 4.74 Å². The van der Waals surface area contributed by atoms with Gasteiger partial charge in [-0.25, -0.2) is 4.79 Å². The third kappa shape index (κ3) is 5.00. The quantitative estimate of drug-likeness (QED) is 0.399. The Morgan fingerprint density at radius 1 is 1.03 bits per heavy atom. The van der Waals surface area contributed by atoms with Gasteiger partial charge < -0.3 is 9.72 Å². The molecule has 0 aliphatic rings. The second-order valence-electron chi connectivity index (χ2n) is 7.12. The number of hydrogen-bond donors (Lipinski definition) is 2. The Morgan fingerprint density at radius 3 is 2.47 bits per heavy atom. The Labute approximate surface area is 188 Å². The molecule has 0 bridgehead atoms. The summed E-state index contributed by atoms with van der Waals surface area (Å²) in [6, 6.07) is 19.2. The highest BCUT2D eigenvalue weighted by Gasteiger charge is 2.19. The lowest BCUT2D eigenvalue weighted by molar-refractivity contribution is 0.340. The van der Waals surface area contributed by atoms with E-state index in [1.54, 1.807) is 11.8 Å². The summed E-state index contributed by atoms with van der Waals surface area (Å²) < 4.78 is 7.50. The number of ether oxygens (including phenoxy) is 1. The molecule has 8 nitrogen and oxygen atoms in total. The lowest BCUT2D eigenvalue weighted by Crippen LogP contribution is -2.23. The van der Waals surface area contributed by atoms with Crippen molar-refractivity contribution in [1.82, 2.24) is 24.7 Å². The number of nitrogens with one attached hydrogen (secondary N) is 2. The van der Waals surface area contributed by atoms with E-state index < -0.39 is 11.2 Å². The zero-order chi connectivity index (χ0) is 22.5. The number of rotatable bonds is 8. The van der Waals surface area contributed by atoms with Gasteiger partial charge in [-0.1, -0.05) is 42.1 Å². The summed E-state index contributed by atoms with van der Waals surface area (Å²) in [5.41, 5.74) is 1.50. The first-order valence-corrected chi connectivity index (χ1v) is 11.1. The smallest absolute Gasteiger partial charge is 0.325 e. The van der Waals surface area contributed by atoms with Crippen LogP contribution < -0.4 is 16.0 Å². The number of aromatic amines is 2. The standard InChI is InChI=1S/C23H23N5O3S/c1-3-31-19-11-9-18(10-12-19)28-20(13-17-14-21(29)25-22(30)24-17)26-27-23(28)32-15(2)16-7-5-4-6-8-16/h4-12,14-15H,3,13H2,1-2H3,(H2,24,25,29,30). The van der Waals surface area contributed by atoms with Crippen LogP contribution in [0, 0.1) is 0 Å². The maximum absolute atomic E-state index is 11.7. The molecule has 0 saturated heterocycles. The van der Waals surface area contributed by atoms with E-state index in [0.717, 1.165) is 11.4 Å². The third-order valence-corrected chi connectivity index (χ3v) is 5.92. The molecule has 9 heteroatoms. The van der Waals surface area contributed by atoms with Crippen molar-refractivity contribution in [2.75, 3.05) is 6.61 Å². The van der Waals surface area contributed by atoms with Crippen molar-refractivity contribution in [3.63, 3.8) is 0 Å². The van der Waals surface area contributed by atoms with Gasteiger partial charge in [-0.15, -0.1) is 10.2 Å². The average Bonchev–Trinajstić information content (AvgIpc) is 3.16. The first kappa shape index (κ1) is 21.6. The molecule has 32 heavy (non-hydrogen) atoms. The van der Waals surface area contributed by atoms with Gasteiger partial charge in [0.1, 0.15) is 11.6 Å². The maximum Gasteiger partial charge on any atom is 0.325 e. The van der Waals surface area contributed by atoms with Gasteiger partial charge >= 0.3 is 5.69 Å². The summed E-state index contributed by atoms with van der Waals surface area (Å²) >= 11 is 1.59. The van der Waals surface area contributed by atoms with Crippen LogP contribution in [0.5, 0.6) is 5.75 Å². The minimum atomic E-state index is -0.549. The van der Waals surface area contributed by atoms with Crippen molar-refractivity contribution in [2.24, 2.45) is 0 Å². The van der Waals surface area contributed by atoms with Crippen LogP contribution in [0.25, 0.3) is 5.69 Å². The van der Waals surface area contributed by atoms with E-state index in [-0.39, 0.29) is 11.7 Å². The molecule has 1 atom stereocenters. The fourth-order valence-corrected chi connectivity index (χ4v) is 4.36. The van der Waals surface area contributed by atoms with Crippen LogP contribution >= 0.6 is 11.8 Å². The van der Waals surface area contributed by atoms with Crippen molar-refractivity contribution in [2.45, 2.75) is 30.7 Å². The molecule has 2 aromatic carbocycles. The summed E-state index contributed by atoms with van der Waals surface area (Å²) in [5.74, 6) is 1.38. The van der Waals surface area contributed by atoms with E-state index >= 15 is 0 Å². The number of nitrogens with zero attached hydrogens (tertiary/aromatic N) is 3. The SMILES string of the molecule is CCOc1ccc(-n2c(Cc3cc(=O)[nH]c(=O)[nH]3)nnc2SC(C)c2ccccc2)cc1. The Balaban J connectivity index is 1.72. The molecule has 2 heterocycles. The Morgan fingerprint density at radius 2 is 1.78 bits per heavy atom. The Bertz CT molecular complexity index is 1270. The topological polar surface area (TPSA) is 106 Å². The van der Waals surface area contributed by atoms with Crippen LogP contribution in [-0.2, 0) is 6.42 Å². The Kier molecular flexibility index (Phi) is 6.55. The minimum Gasteiger partial charge on any atom is -0.494 e. The van der Waals surface area contributed by atoms with Crippen LogP contribution in [0.4, 0.5) is 0 Å². The molecule has 2 aromatic heterocycles. The fourth-order valence-electron chi connectivity index (χ4n) is 3.34. The monoisotopic (exact) mass is 449 g/mol. The summed E-state index contributed by atoms with van der Waals surface area (Å²) in [4.78, 5) is 28.3. The van der Waals surface area contributed by atoms with E-state index in [0.29, 0.717) is 23.3 Å². The van der Waals surface area contributed by atoms with Crippen LogP contribution in [-0.4, -0.2) is 31.3 Å². The first-order valence-electron chi connectivity index (χ1n) is 10.2. The van der Waals surface area contributed by atoms with Crippen LogP contribution in [0.2, 0.25) is 0 Å². The molecule has 4 rings (SSSR count). The van der Waals surface area contributed by atoms with Crippen LogP contribution in [0.3, 0.4) is 0 Å². The molecule has 0 aliphatic heterocycles. The van der Waals surface area contributed by atoms with Gasteiger partial charge in [0, 0.05) is 29.1 Å². The number of thioether (sulfide) groups is 1. The molecule has 1 unspecified atom stereocenters. The molecular formula is C23H23N5O3S. The lowest BCUT2D eigenvalue weighted by Gasteiger charge is -2.14. The molecule has 0 aliphatic carbocycles. The molecule has 164 valence electrons. The predicted molar refractivity (Wildman–Crippen MR) is 124 cm³/mol. The molecule has 2 N–H and O–H groups in total. The predicted octanol–water partition coefficient (Wildman–Crippen LogP) is 3.49. The van der Waals surface area contributed by atoms with Crippen molar-refractivity contribution in [3.8, 4) is 11.4 Å². The van der Waals surface area contributed by atoms with E-state index in [1.807, 2.05) is 54.0 Å². The van der Waals surface area contributed by atoms with Gasteiger partial charge in [0.15, 0.2) is 5.16 Å². The fraction of sp³-hybridized carbons (Fsp3) is 0.217. The molecule has 0 radical (unpaired) electrons. The van der Waals surface area contributed by atoms with Crippen LogP contribution in [0.15, 0.2) is 75.4 Å². The first-order chi connectivity index (χ1) is 15.5. The van der Waals surface area contributed by atoms with E-state index in [2.05, 4.69) is 39.2 Å².